The quantitative estimate of drug-likeness (QED) is 0.817. The molecule has 6 heteroatoms. The molecule has 1 aliphatic heterocycles. The Balaban J connectivity index is 2.32. The fourth-order valence-corrected chi connectivity index (χ4v) is 2.78. The van der Waals surface area contributed by atoms with Gasteiger partial charge in [-0.15, -0.1) is 0 Å². The van der Waals surface area contributed by atoms with Crippen molar-refractivity contribution in [2.45, 2.75) is 70.9 Å². The van der Waals surface area contributed by atoms with E-state index in [1.54, 1.807) is 59.7 Å². The Kier molecular flexibility index (Phi) is 5.12. The molecule has 2 N–H and O–H groups in total. The van der Waals surface area contributed by atoms with E-state index in [2.05, 4.69) is 11.4 Å². The minimum atomic E-state index is -0.904. The molecule has 0 amide bonds. The molecule has 6 nitrogen and oxygen atoms in total. The third-order valence-corrected chi connectivity index (χ3v) is 4.06. The van der Waals surface area contributed by atoms with Crippen LogP contribution in [0.5, 0.6) is 5.75 Å². The molecule has 2 rings (SSSR count). The van der Waals surface area contributed by atoms with Gasteiger partial charge >= 0.3 is 5.97 Å². The highest BCUT2D eigenvalue weighted by molar-refractivity contribution is 5.75. The van der Waals surface area contributed by atoms with Crippen molar-refractivity contribution in [3.05, 3.63) is 29.3 Å². The second-order valence-electron chi connectivity index (χ2n) is 7.91. The summed E-state index contributed by atoms with van der Waals surface area (Å²) in [5, 5.41) is 23.0. The van der Waals surface area contributed by atoms with Crippen LogP contribution in [0.4, 0.5) is 0 Å². The number of hydrogen-bond donors (Lipinski definition) is 2. The molecule has 0 saturated carbocycles. The molecule has 1 heterocycles. The summed E-state index contributed by atoms with van der Waals surface area (Å²) in [5.41, 5.74) is -0.314. The van der Waals surface area contributed by atoms with Crippen LogP contribution in [0.25, 0.3) is 0 Å². The number of nitriles is 1. The first-order chi connectivity index (χ1) is 11.4. The van der Waals surface area contributed by atoms with Gasteiger partial charge in [-0.1, -0.05) is 0 Å². The van der Waals surface area contributed by atoms with Crippen LogP contribution in [0.1, 0.15) is 58.7 Å². The van der Waals surface area contributed by atoms with Gasteiger partial charge in [0.2, 0.25) is 0 Å². The molecule has 0 saturated heterocycles. The van der Waals surface area contributed by atoms with E-state index in [0.717, 1.165) is 0 Å². The highest BCUT2D eigenvalue weighted by atomic mass is 16.6. The Morgan fingerprint density at radius 1 is 1.44 bits per heavy atom. The average Bonchev–Trinajstić information content (AvgIpc) is 2.49. The van der Waals surface area contributed by atoms with E-state index < -0.39 is 35.4 Å². The first-order valence-electron chi connectivity index (χ1n) is 8.34. The number of fused-ring (bicyclic) bond motifs is 1. The standard InChI is InChI=1S/C19H26N2O4/c1-11(17(23)25-18(2,3)4)21-15-13-9-12(10-20)7-8-14(13)24-19(5,6)16(15)22/h7-9,11,15-16,21-22H,1-6H3/t11-,15+,16-/m0/s1. The van der Waals surface area contributed by atoms with E-state index in [1.807, 2.05) is 0 Å². The number of rotatable bonds is 3. The van der Waals surface area contributed by atoms with Crippen LogP contribution >= 0.6 is 0 Å². The van der Waals surface area contributed by atoms with Gasteiger partial charge in [-0.3, -0.25) is 10.1 Å². The van der Waals surface area contributed by atoms with Crippen molar-refractivity contribution in [2.75, 3.05) is 0 Å². The van der Waals surface area contributed by atoms with E-state index in [4.69, 9.17) is 14.7 Å². The Morgan fingerprint density at radius 3 is 2.64 bits per heavy atom. The number of nitrogens with zero attached hydrogens (tertiary/aromatic N) is 1. The number of benzene rings is 1. The van der Waals surface area contributed by atoms with Crippen LogP contribution in [0, 0.1) is 11.3 Å². The molecule has 0 aliphatic carbocycles. The van der Waals surface area contributed by atoms with Crippen molar-refractivity contribution in [1.82, 2.24) is 5.32 Å². The Bertz CT molecular complexity index is 700. The molecule has 3 atom stereocenters. The largest absolute Gasteiger partial charge is 0.485 e. The molecule has 0 bridgehead atoms. The maximum absolute atomic E-state index is 12.3. The average molecular weight is 346 g/mol. The summed E-state index contributed by atoms with van der Waals surface area (Å²) in [6.07, 6.45) is -0.904. The zero-order chi connectivity index (χ0) is 19.0. The van der Waals surface area contributed by atoms with Crippen molar-refractivity contribution < 1.29 is 19.4 Å². The Hall–Kier alpha value is -2.10. The van der Waals surface area contributed by atoms with Gasteiger partial charge in [0.15, 0.2) is 0 Å². The molecule has 0 fully saturated rings. The molecular formula is C19H26N2O4. The van der Waals surface area contributed by atoms with Gasteiger partial charge in [0.05, 0.1) is 17.7 Å². The molecular weight excluding hydrogens is 320 g/mol. The topological polar surface area (TPSA) is 91.6 Å². The maximum atomic E-state index is 12.3. The lowest BCUT2D eigenvalue weighted by Gasteiger charge is -2.43. The fourth-order valence-electron chi connectivity index (χ4n) is 2.78. The first-order valence-corrected chi connectivity index (χ1v) is 8.34. The summed E-state index contributed by atoms with van der Waals surface area (Å²) in [5.74, 6) is 0.185. The lowest BCUT2D eigenvalue weighted by Crippen LogP contribution is -2.55. The second kappa shape index (κ2) is 6.66. The smallest absolute Gasteiger partial charge is 0.323 e. The van der Waals surface area contributed by atoms with E-state index in [9.17, 15) is 9.90 Å². The van der Waals surface area contributed by atoms with Crippen LogP contribution in [0.15, 0.2) is 18.2 Å². The SMILES string of the molecule is C[C@H](N[C@@H]1c2cc(C#N)ccc2OC(C)(C)[C@H]1O)C(=O)OC(C)(C)C. The minimum absolute atomic E-state index is 0.401. The van der Waals surface area contributed by atoms with Crippen molar-refractivity contribution in [1.29, 1.82) is 5.26 Å². The van der Waals surface area contributed by atoms with Crippen molar-refractivity contribution in [3.63, 3.8) is 0 Å². The lowest BCUT2D eigenvalue weighted by atomic mass is 9.85. The summed E-state index contributed by atoms with van der Waals surface area (Å²) in [4.78, 5) is 12.3. The highest BCUT2D eigenvalue weighted by Crippen LogP contribution is 2.40. The number of nitrogens with one attached hydrogen (secondary N) is 1. The van der Waals surface area contributed by atoms with Gasteiger partial charge in [0.25, 0.3) is 0 Å². The summed E-state index contributed by atoms with van der Waals surface area (Å²) >= 11 is 0. The summed E-state index contributed by atoms with van der Waals surface area (Å²) in [7, 11) is 0. The maximum Gasteiger partial charge on any atom is 0.323 e. The minimum Gasteiger partial charge on any atom is -0.485 e. The van der Waals surface area contributed by atoms with Gasteiger partial charge in [-0.25, -0.2) is 0 Å². The monoisotopic (exact) mass is 346 g/mol. The van der Waals surface area contributed by atoms with E-state index in [1.165, 1.54) is 0 Å². The molecule has 25 heavy (non-hydrogen) atoms. The van der Waals surface area contributed by atoms with Gasteiger partial charge in [-0.2, -0.15) is 5.26 Å². The predicted octanol–water partition coefficient (Wildman–Crippen LogP) is 2.45. The molecule has 0 radical (unpaired) electrons. The summed E-state index contributed by atoms with van der Waals surface area (Å²) in [6, 6.07) is 5.95. The number of hydrogen-bond acceptors (Lipinski definition) is 6. The highest BCUT2D eigenvalue weighted by Gasteiger charge is 2.44. The van der Waals surface area contributed by atoms with E-state index >= 15 is 0 Å². The molecule has 0 spiro atoms. The van der Waals surface area contributed by atoms with Crippen LogP contribution in [0.3, 0.4) is 0 Å². The van der Waals surface area contributed by atoms with Crippen LogP contribution in [-0.4, -0.2) is 34.4 Å². The van der Waals surface area contributed by atoms with Crippen LogP contribution in [0.2, 0.25) is 0 Å². The Morgan fingerprint density at radius 2 is 2.08 bits per heavy atom. The molecule has 1 aromatic carbocycles. The van der Waals surface area contributed by atoms with Gasteiger partial charge < -0.3 is 14.6 Å². The fraction of sp³-hybridized carbons (Fsp3) is 0.579. The van der Waals surface area contributed by atoms with Crippen LogP contribution in [-0.2, 0) is 9.53 Å². The van der Waals surface area contributed by atoms with Crippen molar-refractivity contribution in [3.8, 4) is 11.8 Å². The lowest BCUT2D eigenvalue weighted by molar-refractivity contribution is -0.158. The summed E-state index contributed by atoms with van der Waals surface area (Å²) in [6.45, 7) is 10.7. The molecule has 136 valence electrons. The number of esters is 1. The molecule has 0 aromatic heterocycles. The first kappa shape index (κ1) is 19.2. The number of carbonyl (C=O) groups excluding carboxylic acids is 1. The number of aliphatic hydroxyl groups is 1. The third-order valence-electron chi connectivity index (χ3n) is 4.06. The number of carbonyl (C=O) groups is 1. The zero-order valence-electron chi connectivity index (χ0n) is 15.6. The van der Waals surface area contributed by atoms with Gasteiger partial charge in [0.1, 0.15) is 29.1 Å². The van der Waals surface area contributed by atoms with Gasteiger partial charge in [-0.05, 0) is 59.7 Å². The number of ether oxygens (including phenoxy) is 2. The van der Waals surface area contributed by atoms with E-state index in [0.29, 0.717) is 16.9 Å². The predicted molar refractivity (Wildman–Crippen MR) is 93.1 cm³/mol. The van der Waals surface area contributed by atoms with E-state index in [-0.39, 0.29) is 0 Å². The summed E-state index contributed by atoms with van der Waals surface area (Å²) < 4.78 is 11.3. The molecule has 1 aromatic rings. The van der Waals surface area contributed by atoms with Gasteiger partial charge in [0, 0.05) is 5.56 Å². The van der Waals surface area contributed by atoms with Crippen molar-refractivity contribution in [2.24, 2.45) is 0 Å². The normalized spacial score (nSPS) is 23.0. The molecule has 0 unspecified atom stereocenters. The third kappa shape index (κ3) is 4.30. The number of aliphatic hydroxyl groups excluding tert-OH is 1. The second-order valence-corrected chi connectivity index (χ2v) is 7.91. The van der Waals surface area contributed by atoms with Crippen LogP contribution < -0.4 is 10.1 Å². The van der Waals surface area contributed by atoms with Crippen molar-refractivity contribution >= 4 is 5.97 Å². The molecule has 1 aliphatic rings. The Labute approximate surface area is 148 Å². The zero-order valence-corrected chi connectivity index (χ0v) is 15.6.